The molecule has 0 radical (unpaired) electrons. The zero-order valence-electron chi connectivity index (χ0n) is 17.4. The summed E-state index contributed by atoms with van der Waals surface area (Å²) in [5, 5.41) is 3.08. The summed E-state index contributed by atoms with van der Waals surface area (Å²) in [5.41, 5.74) is 0.667. The maximum absolute atomic E-state index is 13.2. The van der Waals surface area contributed by atoms with E-state index < -0.39 is 0 Å². The number of benzene rings is 1. The van der Waals surface area contributed by atoms with E-state index >= 15 is 0 Å². The fourth-order valence-corrected chi connectivity index (χ4v) is 3.63. The largest absolute Gasteiger partial charge is 0.355 e. The monoisotopic (exact) mass is 389 g/mol. The molecule has 154 valence electrons. The molecule has 1 aromatic rings. The van der Waals surface area contributed by atoms with Crippen LogP contribution in [0, 0.1) is 17.2 Å². The van der Waals surface area contributed by atoms with Gasteiger partial charge in [0.05, 0.1) is 0 Å². The number of hydrogen-bond acceptors (Lipinski definition) is 3. The summed E-state index contributed by atoms with van der Waals surface area (Å²) in [6.45, 7) is 6.94. The third kappa shape index (κ3) is 7.08. The zero-order valence-corrected chi connectivity index (χ0v) is 17.4. The van der Waals surface area contributed by atoms with Crippen molar-refractivity contribution in [1.82, 2.24) is 15.1 Å². The van der Waals surface area contributed by atoms with Crippen molar-refractivity contribution in [2.24, 2.45) is 11.3 Å². The minimum atomic E-state index is -0.324. The highest BCUT2D eigenvalue weighted by Gasteiger charge is 2.28. The lowest BCUT2D eigenvalue weighted by Crippen LogP contribution is -2.45. The number of nitrogens with zero attached hydrogens (tertiary/aromatic N) is 2. The normalized spacial score (nSPS) is 16.0. The second kappa shape index (κ2) is 9.82. The molecule has 6 heteroatoms. The Morgan fingerprint density at radius 1 is 1.29 bits per heavy atom. The van der Waals surface area contributed by atoms with Gasteiger partial charge in [-0.15, -0.1) is 0 Å². The number of amides is 2. The lowest BCUT2D eigenvalue weighted by molar-refractivity contribution is -0.132. The third-order valence-corrected chi connectivity index (χ3v) is 4.93. The van der Waals surface area contributed by atoms with Crippen molar-refractivity contribution in [3.8, 4) is 0 Å². The lowest BCUT2D eigenvalue weighted by Gasteiger charge is -2.32. The molecule has 1 aromatic carbocycles. The van der Waals surface area contributed by atoms with Gasteiger partial charge in [0.2, 0.25) is 11.8 Å². The highest BCUT2D eigenvalue weighted by Crippen LogP contribution is 2.19. The molecular formula is C22H32FN3O2. The standard InChI is InChI=1S/C22H32FN3O2/c1-22(2,16-25(3)4)15-24-21(28)18-10-12-26(13-11-18)20(27)9-8-17-6-5-7-19(23)14-17/h5-9,14,18H,10-13,15-16H2,1-4H3,(H,24,28)/b9-8+. The van der Waals surface area contributed by atoms with Crippen LogP contribution in [0.4, 0.5) is 4.39 Å². The number of carbonyl (C=O) groups is 2. The second-order valence-corrected chi connectivity index (χ2v) is 8.61. The van der Waals surface area contributed by atoms with Crippen molar-refractivity contribution >= 4 is 17.9 Å². The third-order valence-electron chi connectivity index (χ3n) is 4.93. The highest BCUT2D eigenvalue weighted by molar-refractivity contribution is 5.92. The van der Waals surface area contributed by atoms with Crippen LogP contribution in [-0.2, 0) is 9.59 Å². The molecule has 5 nitrogen and oxygen atoms in total. The summed E-state index contributed by atoms with van der Waals surface area (Å²) in [4.78, 5) is 28.7. The minimum Gasteiger partial charge on any atom is -0.355 e. The molecule has 1 heterocycles. The van der Waals surface area contributed by atoms with Crippen LogP contribution in [-0.4, -0.2) is 61.9 Å². The first-order valence-electron chi connectivity index (χ1n) is 9.81. The van der Waals surface area contributed by atoms with Crippen molar-refractivity contribution in [2.45, 2.75) is 26.7 Å². The predicted molar refractivity (Wildman–Crippen MR) is 110 cm³/mol. The summed E-state index contributed by atoms with van der Waals surface area (Å²) in [6.07, 6.45) is 4.43. The minimum absolute atomic E-state index is 0.0114. The van der Waals surface area contributed by atoms with E-state index in [4.69, 9.17) is 0 Å². The number of hydrogen-bond donors (Lipinski definition) is 1. The molecule has 1 N–H and O–H groups in total. The van der Waals surface area contributed by atoms with Gasteiger partial charge in [0, 0.05) is 38.2 Å². The molecule has 1 saturated heterocycles. The van der Waals surface area contributed by atoms with E-state index in [-0.39, 0.29) is 29.0 Å². The molecule has 0 bridgehead atoms. The number of rotatable bonds is 7. The number of carbonyl (C=O) groups excluding carboxylic acids is 2. The van der Waals surface area contributed by atoms with Gasteiger partial charge >= 0.3 is 0 Å². The number of nitrogens with one attached hydrogen (secondary N) is 1. The summed E-state index contributed by atoms with van der Waals surface area (Å²) in [6, 6.07) is 6.12. The van der Waals surface area contributed by atoms with E-state index in [2.05, 4.69) is 24.1 Å². The van der Waals surface area contributed by atoms with Crippen LogP contribution >= 0.6 is 0 Å². The highest BCUT2D eigenvalue weighted by atomic mass is 19.1. The van der Waals surface area contributed by atoms with Gasteiger partial charge in [-0.25, -0.2) is 4.39 Å². The number of halogens is 1. The van der Waals surface area contributed by atoms with Crippen LogP contribution in [0.1, 0.15) is 32.3 Å². The van der Waals surface area contributed by atoms with Crippen LogP contribution in [0.5, 0.6) is 0 Å². The molecule has 1 aliphatic rings. The van der Waals surface area contributed by atoms with Gasteiger partial charge in [-0.3, -0.25) is 9.59 Å². The molecule has 1 aliphatic heterocycles. The summed E-state index contributed by atoms with van der Waals surface area (Å²) in [5.74, 6) is -0.397. The van der Waals surface area contributed by atoms with Gasteiger partial charge < -0.3 is 15.1 Å². The Kier molecular flexibility index (Phi) is 7.75. The fourth-order valence-electron chi connectivity index (χ4n) is 3.63. The molecule has 0 unspecified atom stereocenters. The van der Waals surface area contributed by atoms with Crippen LogP contribution in [0.2, 0.25) is 0 Å². The van der Waals surface area contributed by atoms with E-state index in [0.29, 0.717) is 38.0 Å². The zero-order chi connectivity index (χ0) is 20.7. The van der Waals surface area contributed by atoms with Gasteiger partial charge in [0.1, 0.15) is 5.82 Å². The van der Waals surface area contributed by atoms with Crippen molar-refractivity contribution in [3.05, 3.63) is 41.7 Å². The molecule has 2 amide bonds. The average molecular weight is 390 g/mol. The summed E-state index contributed by atoms with van der Waals surface area (Å²) < 4.78 is 13.2. The first kappa shape index (κ1) is 22.1. The Labute approximate surface area is 167 Å². The van der Waals surface area contributed by atoms with Gasteiger partial charge in [-0.1, -0.05) is 26.0 Å². The second-order valence-electron chi connectivity index (χ2n) is 8.61. The Morgan fingerprint density at radius 3 is 2.57 bits per heavy atom. The van der Waals surface area contributed by atoms with Crippen LogP contribution in [0.3, 0.4) is 0 Å². The number of likely N-dealkylation sites (tertiary alicyclic amines) is 1. The lowest BCUT2D eigenvalue weighted by atomic mass is 9.91. The average Bonchev–Trinajstić information content (AvgIpc) is 2.63. The smallest absolute Gasteiger partial charge is 0.246 e. The molecule has 0 spiro atoms. The van der Waals surface area contributed by atoms with Gasteiger partial charge in [-0.2, -0.15) is 0 Å². The molecule has 0 atom stereocenters. The predicted octanol–water partition coefficient (Wildman–Crippen LogP) is 2.78. The summed E-state index contributed by atoms with van der Waals surface area (Å²) >= 11 is 0. The van der Waals surface area contributed by atoms with E-state index in [1.807, 2.05) is 14.1 Å². The first-order valence-corrected chi connectivity index (χ1v) is 9.81. The summed E-state index contributed by atoms with van der Waals surface area (Å²) in [7, 11) is 4.05. The van der Waals surface area contributed by atoms with E-state index in [0.717, 1.165) is 6.54 Å². The van der Waals surface area contributed by atoms with Gasteiger partial charge in [0.25, 0.3) is 0 Å². The molecule has 1 fully saturated rings. The van der Waals surface area contributed by atoms with E-state index in [1.54, 1.807) is 23.1 Å². The van der Waals surface area contributed by atoms with Crippen molar-refractivity contribution in [1.29, 1.82) is 0 Å². The van der Waals surface area contributed by atoms with Gasteiger partial charge in [-0.05, 0) is 56.1 Å². The number of piperidine rings is 1. The Hall–Kier alpha value is -2.21. The maximum atomic E-state index is 13.2. The topological polar surface area (TPSA) is 52.7 Å². The molecule has 0 aromatic heterocycles. The van der Waals surface area contributed by atoms with E-state index in [9.17, 15) is 14.0 Å². The maximum Gasteiger partial charge on any atom is 0.246 e. The van der Waals surface area contributed by atoms with E-state index in [1.165, 1.54) is 18.2 Å². The van der Waals surface area contributed by atoms with Crippen LogP contribution in [0.15, 0.2) is 30.3 Å². The molecular weight excluding hydrogens is 357 g/mol. The Morgan fingerprint density at radius 2 is 1.96 bits per heavy atom. The molecule has 2 rings (SSSR count). The Bertz CT molecular complexity index is 707. The molecule has 28 heavy (non-hydrogen) atoms. The quantitative estimate of drug-likeness (QED) is 0.730. The molecule has 0 saturated carbocycles. The first-order chi connectivity index (χ1) is 13.2. The van der Waals surface area contributed by atoms with Crippen molar-refractivity contribution < 1.29 is 14.0 Å². The van der Waals surface area contributed by atoms with Crippen LogP contribution < -0.4 is 5.32 Å². The fraction of sp³-hybridized carbons (Fsp3) is 0.545. The molecule has 0 aliphatic carbocycles. The van der Waals surface area contributed by atoms with Crippen molar-refractivity contribution in [3.63, 3.8) is 0 Å². The van der Waals surface area contributed by atoms with Gasteiger partial charge in [0.15, 0.2) is 0 Å². The SMILES string of the molecule is CN(C)CC(C)(C)CNC(=O)C1CCN(C(=O)/C=C/c2cccc(F)c2)CC1. The van der Waals surface area contributed by atoms with Crippen molar-refractivity contribution in [2.75, 3.05) is 40.3 Å². The van der Waals surface area contributed by atoms with Crippen LogP contribution in [0.25, 0.3) is 6.08 Å². The Balaban J connectivity index is 1.78.